The Kier molecular flexibility index (Phi) is 8.59. The summed E-state index contributed by atoms with van der Waals surface area (Å²) in [6, 6.07) is 1.63. The molecule has 1 saturated heterocycles. The van der Waals surface area contributed by atoms with Crippen LogP contribution in [0.1, 0.15) is 44.1 Å². The molecule has 2 atom stereocenters. The van der Waals surface area contributed by atoms with E-state index in [0.29, 0.717) is 31.2 Å². The third kappa shape index (κ3) is 5.45. The van der Waals surface area contributed by atoms with Gasteiger partial charge in [0, 0.05) is 38.9 Å². The molecule has 1 aliphatic rings. The van der Waals surface area contributed by atoms with Crippen molar-refractivity contribution in [1.29, 1.82) is 0 Å². The van der Waals surface area contributed by atoms with E-state index in [9.17, 15) is 13.2 Å². The standard InChI is InChI=1S/C17H30N4O3S.ClH/c1-5-18-14(3)10-19-17(22)16-9-15(12-20(16)4)25(23,24)21-8-6-7-13(2)11-21;/h9,12-14,18H,5-8,10-11H2,1-4H3,(H,19,22);1H/t13?,14-;/m1./s1. The van der Waals surface area contributed by atoms with Gasteiger partial charge in [0.2, 0.25) is 10.0 Å². The number of aryl methyl sites for hydroxylation is 1. The number of sulfonamides is 1. The van der Waals surface area contributed by atoms with Crippen LogP contribution in [0, 0.1) is 5.92 Å². The summed E-state index contributed by atoms with van der Waals surface area (Å²) < 4.78 is 28.8. The van der Waals surface area contributed by atoms with Crippen LogP contribution in [-0.4, -0.2) is 55.4 Å². The Hall–Kier alpha value is -1.09. The first-order chi connectivity index (χ1) is 11.8. The second-order valence-electron chi connectivity index (χ2n) is 6.95. The fourth-order valence-corrected chi connectivity index (χ4v) is 4.84. The lowest BCUT2D eigenvalue weighted by atomic mass is 10.0. The third-order valence-corrected chi connectivity index (χ3v) is 6.42. The zero-order chi connectivity index (χ0) is 18.6. The molecule has 1 aliphatic heterocycles. The number of hydrogen-bond donors (Lipinski definition) is 2. The molecular formula is C17H31ClN4O3S. The van der Waals surface area contributed by atoms with Crippen molar-refractivity contribution >= 4 is 28.3 Å². The predicted molar refractivity (Wildman–Crippen MR) is 105 cm³/mol. The number of likely N-dealkylation sites (N-methyl/N-ethyl adjacent to an activating group) is 1. The summed E-state index contributed by atoms with van der Waals surface area (Å²) in [6.07, 6.45) is 3.46. The lowest BCUT2D eigenvalue weighted by Crippen LogP contribution is -2.39. The van der Waals surface area contributed by atoms with E-state index in [1.807, 2.05) is 13.8 Å². The largest absolute Gasteiger partial charge is 0.349 e. The van der Waals surface area contributed by atoms with Crippen LogP contribution >= 0.6 is 12.4 Å². The van der Waals surface area contributed by atoms with Gasteiger partial charge in [0.25, 0.3) is 5.91 Å². The van der Waals surface area contributed by atoms with E-state index in [-0.39, 0.29) is 29.3 Å². The molecule has 1 aromatic rings. The number of rotatable bonds is 7. The molecule has 26 heavy (non-hydrogen) atoms. The SMILES string of the molecule is CCN[C@H](C)CNC(=O)c1cc(S(=O)(=O)N2CCCC(C)C2)cn1C.Cl. The predicted octanol–water partition coefficient (Wildman–Crippen LogP) is 1.60. The summed E-state index contributed by atoms with van der Waals surface area (Å²) in [5, 5.41) is 6.06. The minimum Gasteiger partial charge on any atom is -0.349 e. The van der Waals surface area contributed by atoms with Crippen LogP contribution in [0.5, 0.6) is 0 Å². The van der Waals surface area contributed by atoms with Gasteiger partial charge in [-0.25, -0.2) is 8.42 Å². The minimum atomic E-state index is -3.55. The van der Waals surface area contributed by atoms with E-state index in [2.05, 4.69) is 17.6 Å². The highest BCUT2D eigenvalue weighted by molar-refractivity contribution is 7.89. The van der Waals surface area contributed by atoms with E-state index in [1.54, 1.807) is 11.6 Å². The van der Waals surface area contributed by atoms with Crippen LogP contribution in [-0.2, 0) is 17.1 Å². The Morgan fingerprint density at radius 3 is 2.73 bits per heavy atom. The second kappa shape index (κ2) is 9.73. The maximum atomic E-state index is 12.8. The van der Waals surface area contributed by atoms with Crippen LogP contribution in [0.4, 0.5) is 0 Å². The summed E-state index contributed by atoms with van der Waals surface area (Å²) in [6.45, 7) is 8.47. The van der Waals surface area contributed by atoms with Crippen LogP contribution in [0.2, 0.25) is 0 Å². The molecular weight excluding hydrogens is 376 g/mol. The van der Waals surface area contributed by atoms with Gasteiger partial charge in [-0.3, -0.25) is 4.79 Å². The van der Waals surface area contributed by atoms with Gasteiger partial charge in [-0.2, -0.15) is 4.31 Å². The van der Waals surface area contributed by atoms with Gasteiger partial charge < -0.3 is 15.2 Å². The van der Waals surface area contributed by atoms with Gasteiger partial charge in [0.05, 0.1) is 0 Å². The molecule has 2 heterocycles. The third-order valence-electron chi connectivity index (χ3n) is 4.59. The first kappa shape index (κ1) is 23.0. The van der Waals surface area contributed by atoms with Crippen LogP contribution in [0.25, 0.3) is 0 Å². The molecule has 0 radical (unpaired) electrons. The molecule has 1 aromatic heterocycles. The number of nitrogens with zero attached hydrogens (tertiary/aromatic N) is 2. The van der Waals surface area contributed by atoms with Crippen molar-refractivity contribution < 1.29 is 13.2 Å². The number of nitrogens with one attached hydrogen (secondary N) is 2. The van der Waals surface area contributed by atoms with Crippen LogP contribution < -0.4 is 10.6 Å². The average molecular weight is 407 g/mol. The summed E-state index contributed by atoms with van der Waals surface area (Å²) in [5.74, 6) is 0.100. The molecule has 2 N–H and O–H groups in total. The molecule has 2 rings (SSSR count). The van der Waals surface area contributed by atoms with Crippen LogP contribution in [0.3, 0.4) is 0 Å². The topological polar surface area (TPSA) is 83.4 Å². The Morgan fingerprint density at radius 1 is 1.42 bits per heavy atom. The van der Waals surface area contributed by atoms with Crippen molar-refractivity contribution in [3.8, 4) is 0 Å². The van der Waals surface area contributed by atoms with E-state index in [0.717, 1.165) is 19.4 Å². The molecule has 1 amide bonds. The zero-order valence-electron chi connectivity index (χ0n) is 16.0. The lowest BCUT2D eigenvalue weighted by Gasteiger charge is -2.29. The summed E-state index contributed by atoms with van der Waals surface area (Å²) >= 11 is 0. The van der Waals surface area contributed by atoms with Crippen molar-refractivity contribution in [2.45, 2.75) is 44.6 Å². The minimum absolute atomic E-state index is 0. The van der Waals surface area contributed by atoms with Crippen molar-refractivity contribution in [2.24, 2.45) is 13.0 Å². The quantitative estimate of drug-likeness (QED) is 0.720. The van der Waals surface area contributed by atoms with Crippen molar-refractivity contribution in [3.63, 3.8) is 0 Å². The fourth-order valence-electron chi connectivity index (χ4n) is 3.17. The maximum Gasteiger partial charge on any atom is 0.267 e. The normalized spacial score (nSPS) is 19.6. The molecule has 0 spiro atoms. The van der Waals surface area contributed by atoms with Crippen molar-refractivity contribution in [3.05, 3.63) is 18.0 Å². The van der Waals surface area contributed by atoms with Gasteiger partial charge >= 0.3 is 0 Å². The molecule has 1 fully saturated rings. The molecule has 150 valence electrons. The Bertz CT molecular complexity index is 705. The van der Waals surface area contributed by atoms with E-state index in [4.69, 9.17) is 0 Å². The monoisotopic (exact) mass is 406 g/mol. The maximum absolute atomic E-state index is 12.8. The number of carbonyl (C=O) groups excluding carboxylic acids is 1. The Morgan fingerprint density at radius 2 is 2.12 bits per heavy atom. The molecule has 0 saturated carbocycles. The summed E-state index contributed by atoms with van der Waals surface area (Å²) in [7, 11) is -1.85. The molecule has 1 unspecified atom stereocenters. The highest BCUT2D eigenvalue weighted by Crippen LogP contribution is 2.24. The van der Waals surface area contributed by atoms with Crippen molar-refractivity contribution in [2.75, 3.05) is 26.2 Å². The number of aromatic nitrogens is 1. The molecule has 7 nitrogen and oxygen atoms in total. The number of hydrogen-bond acceptors (Lipinski definition) is 4. The summed E-state index contributed by atoms with van der Waals surface area (Å²) in [5.41, 5.74) is 0.354. The zero-order valence-corrected chi connectivity index (χ0v) is 17.6. The van der Waals surface area contributed by atoms with Crippen molar-refractivity contribution in [1.82, 2.24) is 19.5 Å². The number of piperidine rings is 1. The van der Waals surface area contributed by atoms with E-state index in [1.165, 1.54) is 16.6 Å². The van der Waals surface area contributed by atoms with Gasteiger partial charge in [0.1, 0.15) is 10.6 Å². The van der Waals surface area contributed by atoms with E-state index >= 15 is 0 Å². The second-order valence-corrected chi connectivity index (χ2v) is 8.89. The van der Waals surface area contributed by atoms with Gasteiger partial charge in [-0.05, 0) is 38.3 Å². The Labute approximate surface area is 163 Å². The fraction of sp³-hybridized carbons (Fsp3) is 0.706. The molecule has 0 bridgehead atoms. The van der Waals surface area contributed by atoms with E-state index < -0.39 is 10.0 Å². The molecule has 0 aliphatic carbocycles. The Balaban J connectivity index is 0.00000338. The lowest BCUT2D eigenvalue weighted by molar-refractivity contribution is 0.0942. The average Bonchev–Trinajstić information content (AvgIpc) is 2.95. The number of carbonyl (C=O) groups is 1. The van der Waals surface area contributed by atoms with Gasteiger partial charge in [0.15, 0.2) is 0 Å². The highest BCUT2D eigenvalue weighted by atomic mass is 35.5. The smallest absolute Gasteiger partial charge is 0.267 e. The highest BCUT2D eigenvalue weighted by Gasteiger charge is 2.30. The first-order valence-corrected chi connectivity index (χ1v) is 10.4. The number of amides is 1. The molecule has 0 aromatic carbocycles. The number of halogens is 1. The first-order valence-electron chi connectivity index (χ1n) is 8.93. The van der Waals surface area contributed by atoms with Crippen LogP contribution in [0.15, 0.2) is 17.2 Å². The molecule has 9 heteroatoms. The van der Waals surface area contributed by atoms with Gasteiger partial charge in [-0.1, -0.05) is 13.8 Å². The summed E-state index contributed by atoms with van der Waals surface area (Å²) in [4.78, 5) is 12.6. The van der Waals surface area contributed by atoms with Gasteiger partial charge in [-0.15, -0.1) is 12.4 Å².